The normalized spacial score (nSPS) is 33.0. The van der Waals surface area contributed by atoms with Crippen molar-refractivity contribution in [2.45, 2.75) is 13.0 Å². The Balaban J connectivity index is 0.0000000800. The monoisotopic (exact) mass is 118 g/mol. The predicted molar refractivity (Wildman–Crippen MR) is 26.2 cm³/mol. The Morgan fingerprint density at radius 2 is 1.88 bits per heavy atom. The zero-order valence-electron chi connectivity index (χ0n) is 4.92. The fourth-order valence-corrected chi connectivity index (χ4v) is 0.130. The van der Waals surface area contributed by atoms with Crippen LogP contribution in [0.15, 0.2) is 0 Å². The molecule has 0 radical (unpaired) electrons. The second kappa shape index (κ2) is 2.44. The Hall–Kier alpha value is -0.120. The molecule has 0 aliphatic carbocycles. The third kappa shape index (κ3) is 4.05. The van der Waals surface area contributed by atoms with Gasteiger partial charge < -0.3 is 14.5 Å². The quantitative estimate of drug-likeness (QED) is 0.238. The summed E-state index contributed by atoms with van der Waals surface area (Å²) in [7, 11) is 0. The Morgan fingerprint density at radius 3 is 1.88 bits per heavy atom. The van der Waals surface area contributed by atoms with Crippen LogP contribution in [-0.4, -0.2) is 25.9 Å². The predicted octanol–water partition coefficient (Wildman–Crippen LogP) is -0.767. The van der Waals surface area contributed by atoms with Crippen molar-refractivity contribution in [3.63, 3.8) is 0 Å². The fraction of sp³-hybridized carbons (Fsp3) is 1.00. The molecule has 8 heavy (non-hydrogen) atoms. The summed E-state index contributed by atoms with van der Waals surface area (Å²) >= 11 is 0. The summed E-state index contributed by atoms with van der Waals surface area (Å²) in [6.07, 6.45) is 0.583. The van der Waals surface area contributed by atoms with Crippen LogP contribution in [0, 0.1) is 0 Å². The second-order valence-electron chi connectivity index (χ2n) is 1.99. The molecule has 48 valence electrons. The van der Waals surface area contributed by atoms with Gasteiger partial charge >= 0.3 is 0 Å². The van der Waals surface area contributed by atoms with E-state index < -0.39 is 0 Å². The van der Waals surface area contributed by atoms with Gasteiger partial charge in [-0.25, -0.2) is 0 Å². The molecule has 0 spiro atoms. The van der Waals surface area contributed by atoms with Crippen molar-refractivity contribution in [3.05, 3.63) is 0 Å². The molecule has 0 aromatic carbocycles. The van der Waals surface area contributed by atoms with E-state index in [9.17, 15) is 5.26 Å². The summed E-state index contributed by atoms with van der Waals surface area (Å²) in [4.78, 5) is 0. The van der Waals surface area contributed by atoms with Crippen LogP contribution in [0.25, 0.3) is 0 Å². The molecule has 0 saturated carbocycles. The summed E-state index contributed by atoms with van der Waals surface area (Å²) < 4.78 is 6.29. The molecule has 3 heteroatoms. The highest BCUT2D eigenvalue weighted by Gasteiger charge is 2.14. The molecule has 2 fully saturated rings. The van der Waals surface area contributed by atoms with Crippen LogP contribution in [-0.2, 0) is 9.25 Å². The minimum absolute atomic E-state index is 0.583. The fourth-order valence-electron chi connectivity index (χ4n) is 0.130. The number of hydrogen-bond donors (Lipinski definition) is 0. The molecular weight excluding hydrogens is 108 g/mol. The highest BCUT2D eigenvalue weighted by molar-refractivity contribution is 4.58. The lowest BCUT2D eigenvalue weighted by atomic mass is 10.6. The van der Waals surface area contributed by atoms with Gasteiger partial charge in [0.15, 0.2) is 0 Å². The first kappa shape index (κ1) is 6.01. The van der Waals surface area contributed by atoms with Gasteiger partial charge in [-0.1, -0.05) is 0 Å². The number of hydrogen-bond acceptors (Lipinski definition) is 2. The summed E-state index contributed by atoms with van der Waals surface area (Å²) in [5, 5.41) is 9.39. The van der Waals surface area contributed by atoms with Crippen LogP contribution in [0.1, 0.15) is 6.92 Å². The Kier molecular flexibility index (Phi) is 1.83. The lowest BCUT2D eigenvalue weighted by Crippen LogP contribution is -2.01. The van der Waals surface area contributed by atoms with Crippen LogP contribution in [0.2, 0.25) is 0 Å². The highest BCUT2D eigenvalue weighted by atomic mass is 17.3. The first-order chi connectivity index (χ1) is 3.79. The Labute approximate surface area is 48.5 Å². The van der Waals surface area contributed by atoms with E-state index in [1.165, 1.54) is 0 Å². The molecular formula is C5H10O3. The molecule has 1 atom stereocenters. The minimum Gasteiger partial charge on any atom is -0.534 e. The van der Waals surface area contributed by atoms with Crippen molar-refractivity contribution in [3.8, 4) is 0 Å². The van der Waals surface area contributed by atoms with E-state index >= 15 is 0 Å². The standard InChI is InChI=1S/C3H6O.C2H4O2/c1-3-2-4-3;3-4-1-2-4/h3H,2H2,1H3;1-2H2. The summed E-state index contributed by atoms with van der Waals surface area (Å²) in [5.74, 6) is 0. The topological polar surface area (TPSA) is 38.3 Å². The van der Waals surface area contributed by atoms with Gasteiger partial charge in [-0.3, -0.25) is 0 Å². The average Bonchev–Trinajstić information content (AvgIpc) is 2.47. The third-order valence-electron chi connectivity index (χ3n) is 0.871. The molecule has 0 aromatic heterocycles. The van der Waals surface area contributed by atoms with Gasteiger partial charge in [0.25, 0.3) is 0 Å². The van der Waals surface area contributed by atoms with Crippen molar-refractivity contribution < 1.29 is 14.5 Å². The lowest BCUT2D eigenvalue weighted by molar-refractivity contribution is -0.730. The maximum absolute atomic E-state index is 9.39. The van der Waals surface area contributed by atoms with E-state index in [4.69, 9.17) is 4.74 Å². The maximum atomic E-state index is 9.39. The van der Waals surface area contributed by atoms with Crippen molar-refractivity contribution in [1.82, 2.24) is 0 Å². The Bertz CT molecular complexity index is 56.1. The van der Waals surface area contributed by atoms with Crippen LogP contribution in [0.5, 0.6) is 0 Å². The van der Waals surface area contributed by atoms with E-state index in [1.807, 2.05) is 0 Å². The average molecular weight is 118 g/mol. The molecule has 2 aliphatic heterocycles. The largest absolute Gasteiger partial charge is 0.534 e. The van der Waals surface area contributed by atoms with Gasteiger partial charge in [-0.15, -0.1) is 0 Å². The van der Waals surface area contributed by atoms with Crippen LogP contribution in [0.3, 0.4) is 0 Å². The molecule has 0 aromatic rings. The number of rotatable bonds is 0. The van der Waals surface area contributed by atoms with Gasteiger partial charge in [-0.05, 0) is 6.92 Å². The van der Waals surface area contributed by atoms with Crippen LogP contribution in [0.4, 0.5) is 0 Å². The van der Waals surface area contributed by atoms with E-state index in [0.717, 1.165) is 6.61 Å². The maximum Gasteiger partial charge on any atom is 0.222 e. The smallest absolute Gasteiger partial charge is 0.222 e. The molecule has 2 saturated heterocycles. The van der Waals surface area contributed by atoms with Gasteiger partial charge in [0.1, 0.15) is 0 Å². The zero-order chi connectivity index (χ0) is 5.98. The second-order valence-corrected chi connectivity index (χ2v) is 1.99. The van der Waals surface area contributed by atoms with Gasteiger partial charge in [0, 0.05) is 0 Å². The molecule has 2 aliphatic rings. The molecule has 0 bridgehead atoms. The lowest BCUT2D eigenvalue weighted by Gasteiger charge is -1.84. The molecule has 0 N–H and O–H groups in total. The molecule has 2 heterocycles. The highest BCUT2D eigenvalue weighted by Crippen LogP contribution is 2.04. The number of epoxide rings is 2. The zero-order valence-corrected chi connectivity index (χ0v) is 4.92. The first-order valence-electron chi connectivity index (χ1n) is 2.75. The van der Waals surface area contributed by atoms with E-state index in [1.54, 1.807) is 4.52 Å². The van der Waals surface area contributed by atoms with E-state index in [0.29, 0.717) is 19.3 Å². The van der Waals surface area contributed by atoms with Crippen LogP contribution >= 0.6 is 0 Å². The van der Waals surface area contributed by atoms with Crippen molar-refractivity contribution in [1.29, 1.82) is 0 Å². The van der Waals surface area contributed by atoms with Crippen molar-refractivity contribution in [2.75, 3.05) is 19.8 Å². The summed E-state index contributed by atoms with van der Waals surface area (Å²) in [6.45, 7) is 4.40. The van der Waals surface area contributed by atoms with E-state index in [-0.39, 0.29) is 0 Å². The molecule has 2 rings (SSSR count). The summed E-state index contributed by atoms with van der Waals surface area (Å²) in [6, 6.07) is 0. The van der Waals surface area contributed by atoms with Gasteiger partial charge in [-0.2, -0.15) is 0 Å². The van der Waals surface area contributed by atoms with Gasteiger partial charge in [0.2, 0.25) is 13.2 Å². The SMILES string of the molecule is CC1CO1.[O-][O+]1CC1. The first-order valence-corrected chi connectivity index (χ1v) is 2.75. The molecule has 1 unspecified atom stereocenters. The molecule has 3 nitrogen and oxygen atoms in total. The Morgan fingerprint density at radius 1 is 1.62 bits per heavy atom. The van der Waals surface area contributed by atoms with Gasteiger partial charge in [0.05, 0.1) is 12.7 Å². The van der Waals surface area contributed by atoms with Crippen LogP contribution < -0.4 is 5.26 Å². The minimum atomic E-state index is 0.583. The molecule has 0 amide bonds. The third-order valence-corrected chi connectivity index (χ3v) is 0.871. The van der Waals surface area contributed by atoms with Crippen molar-refractivity contribution in [2.24, 2.45) is 0 Å². The van der Waals surface area contributed by atoms with Crippen molar-refractivity contribution >= 4 is 0 Å². The van der Waals surface area contributed by atoms with E-state index in [2.05, 4.69) is 6.92 Å². The number of ether oxygens (including phenoxy) is 1. The summed E-state index contributed by atoms with van der Waals surface area (Å²) in [5.41, 5.74) is 0.